The van der Waals surface area contributed by atoms with E-state index < -0.39 is 28.5 Å². The summed E-state index contributed by atoms with van der Waals surface area (Å²) in [6.07, 6.45) is 0.218. The van der Waals surface area contributed by atoms with Gasteiger partial charge in [-0.1, -0.05) is 89.9 Å². The van der Waals surface area contributed by atoms with Crippen molar-refractivity contribution in [2.75, 3.05) is 17.9 Å². The Morgan fingerprint density at radius 2 is 1.37 bits per heavy atom. The van der Waals surface area contributed by atoms with Gasteiger partial charge in [0.25, 0.3) is 10.0 Å². The topological polar surface area (TPSA) is 86.8 Å². The van der Waals surface area contributed by atoms with Crippen molar-refractivity contribution >= 4 is 50.7 Å². The van der Waals surface area contributed by atoms with Crippen molar-refractivity contribution in [3.05, 3.63) is 130 Å². The van der Waals surface area contributed by atoms with Crippen LogP contribution in [0.4, 0.5) is 5.69 Å². The molecule has 0 spiro atoms. The van der Waals surface area contributed by atoms with Gasteiger partial charge in [0.15, 0.2) is 0 Å². The third-order valence-corrected chi connectivity index (χ3v) is 8.72. The standard InChI is InChI=1S/C31H29Cl2N3O4S/c1-34-31(38)29(19-23-10-4-2-5-11-23)35(21-24-12-8-13-25(32)18-24)30(37)22-36(27-15-9-14-26(33)20-27)41(39,40)28-16-6-3-7-17-28/h2-18,20,29H,19,21-22H2,1H3,(H,34,38)/t29-/m0/s1. The van der Waals surface area contributed by atoms with Gasteiger partial charge in [0, 0.05) is 30.1 Å². The number of rotatable bonds is 11. The third kappa shape index (κ3) is 7.67. The Hall–Kier alpha value is -3.85. The van der Waals surface area contributed by atoms with Gasteiger partial charge in [-0.2, -0.15) is 0 Å². The van der Waals surface area contributed by atoms with Crippen LogP contribution in [0.2, 0.25) is 10.0 Å². The van der Waals surface area contributed by atoms with E-state index in [1.165, 1.54) is 30.1 Å². The predicted molar refractivity (Wildman–Crippen MR) is 162 cm³/mol. The molecule has 0 bridgehead atoms. The summed E-state index contributed by atoms with van der Waals surface area (Å²) in [6.45, 7) is -0.542. The minimum Gasteiger partial charge on any atom is -0.357 e. The maximum Gasteiger partial charge on any atom is 0.264 e. The molecule has 0 aliphatic heterocycles. The molecule has 0 fully saturated rings. The Balaban J connectivity index is 1.78. The molecule has 0 heterocycles. The zero-order valence-corrected chi connectivity index (χ0v) is 24.6. The lowest BCUT2D eigenvalue weighted by molar-refractivity contribution is -0.139. The number of anilines is 1. The van der Waals surface area contributed by atoms with Gasteiger partial charge in [-0.25, -0.2) is 8.42 Å². The van der Waals surface area contributed by atoms with Gasteiger partial charge in [-0.15, -0.1) is 0 Å². The number of carbonyl (C=O) groups excluding carboxylic acids is 2. The van der Waals surface area contributed by atoms with Crippen LogP contribution in [-0.2, 0) is 32.6 Å². The second kappa shape index (κ2) is 13.7. The fraction of sp³-hybridized carbons (Fsp3) is 0.161. The van der Waals surface area contributed by atoms with Crippen LogP contribution in [-0.4, -0.2) is 44.8 Å². The van der Waals surface area contributed by atoms with E-state index in [4.69, 9.17) is 23.2 Å². The van der Waals surface area contributed by atoms with Crippen molar-refractivity contribution in [3.63, 3.8) is 0 Å². The molecule has 0 unspecified atom stereocenters. The molecule has 41 heavy (non-hydrogen) atoms. The SMILES string of the molecule is CNC(=O)[C@H](Cc1ccccc1)N(Cc1cccc(Cl)c1)C(=O)CN(c1cccc(Cl)c1)S(=O)(=O)c1ccccc1. The smallest absolute Gasteiger partial charge is 0.264 e. The minimum absolute atomic E-state index is 0.0151. The first-order chi connectivity index (χ1) is 19.7. The number of nitrogens with zero attached hydrogens (tertiary/aromatic N) is 2. The van der Waals surface area contributed by atoms with Crippen molar-refractivity contribution in [1.82, 2.24) is 10.2 Å². The molecule has 1 N–H and O–H groups in total. The number of halogens is 2. The summed E-state index contributed by atoms with van der Waals surface area (Å²) in [4.78, 5) is 28.9. The van der Waals surface area contributed by atoms with Gasteiger partial charge < -0.3 is 10.2 Å². The molecule has 7 nitrogen and oxygen atoms in total. The molecule has 212 valence electrons. The number of hydrogen-bond donors (Lipinski definition) is 1. The summed E-state index contributed by atoms with van der Waals surface area (Å²) in [7, 11) is -2.68. The van der Waals surface area contributed by atoms with E-state index in [1.807, 2.05) is 30.3 Å². The second-order valence-corrected chi connectivity index (χ2v) is 12.0. The summed E-state index contributed by atoms with van der Waals surface area (Å²) in [5.41, 5.74) is 1.75. The van der Waals surface area contributed by atoms with E-state index in [1.54, 1.807) is 60.7 Å². The lowest BCUT2D eigenvalue weighted by Crippen LogP contribution is -2.53. The number of sulfonamides is 1. The predicted octanol–water partition coefficient (Wildman–Crippen LogP) is 5.57. The fourth-order valence-electron chi connectivity index (χ4n) is 4.43. The van der Waals surface area contributed by atoms with E-state index >= 15 is 0 Å². The van der Waals surface area contributed by atoms with Crippen molar-refractivity contribution in [3.8, 4) is 0 Å². The first kappa shape index (κ1) is 30.1. The van der Waals surface area contributed by atoms with Gasteiger partial charge in [0.05, 0.1) is 10.6 Å². The van der Waals surface area contributed by atoms with E-state index in [0.29, 0.717) is 15.6 Å². The monoisotopic (exact) mass is 609 g/mol. The van der Waals surface area contributed by atoms with E-state index in [0.717, 1.165) is 9.87 Å². The average Bonchev–Trinajstić information content (AvgIpc) is 2.98. The van der Waals surface area contributed by atoms with Crippen LogP contribution in [0.3, 0.4) is 0 Å². The molecule has 0 aliphatic carbocycles. The zero-order valence-electron chi connectivity index (χ0n) is 22.3. The molecular weight excluding hydrogens is 581 g/mol. The summed E-state index contributed by atoms with van der Waals surface area (Å²) in [5, 5.41) is 3.44. The second-order valence-electron chi connectivity index (χ2n) is 9.28. The van der Waals surface area contributed by atoms with E-state index in [9.17, 15) is 18.0 Å². The molecule has 4 aromatic rings. The Labute approximate surface area is 250 Å². The van der Waals surface area contributed by atoms with Crippen LogP contribution >= 0.6 is 23.2 Å². The number of likely N-dealkylation sites (N-methyl/N-ethyl adjacent to an activating group) is 1. The highest BCUT2D eigenvalue weighted by Gasteiger charge is 2.34. The van der Waals surface area contributed by atoms with Crippen LogP contribution in [0.1, 0.15) is 11.1 Å². The molecule has 4 aromatic carbocycles. The van der Waals surface area contributed by atoms with Crippen molar-refractivity contribution in [1.29, 1.82) is 0 Å². The summed E-state index contributed by atoms with van der Waals surface area (Å²) >= 11 is 12.5. The third-order valence-electron chi connectivity index (χ3n) is 6.47. The van der Waals surface area contributed by atoms with Crippen LogP contribution in [0, 0.1) is 0 Å². The maximum absolute atomic E-state index is 14.2. The highest BCUT2D eigenvalue weighted by Crippen LogP contribution is 2.27. The molecule has 1 atom stereocenters. The average molecular weight is 611 g/mol. The van der Waals surface area contributed by atoms with Gasteiger partial charge in [0.1, 0.15) is 12.6 Å². The summed E-state index contributed by atoms with van der Waals surface area (Å²) < 4.78 is 28.8. The lowest BCUT2D eigenvalue weighted by atomic mass is 10.0. The molecule has 0 saturated carbocycles. The van der Waals surface area contributed by atoms with Gasteiger partial charge >= 0.3 is 0 Å². The van der Waals surface area contributed by atoms with Crippen LogP contribution < -0.4 is 9.62 Å². The molecule has 0 aliphatic rings. The molecular formula is C31H29Cl2N3O4S. The molecule has 10 heteroatoms. The highest BCUT2D eigenvalue weighted by atomic mass is 35.5. The van der Waals surface area contributed by atoms with Crippen molar-refractivity contribution in [2.45, 2.75) is 23.9 Å². The Bertz CT molecular complexity index is 1600. The Kier molecular flexibility index (Phi) is 10.0. The van der Waals surface area contributed by atoms with Crippen LogP contribution in [0.5, 0.6) is 0 Å². The zero-order chi connectivity index (χ0) is 29.4. The van der Waals surface area contributed by atoms with Crippen LogP contribution in [0.25, 0.3) is 0 Å². The molecule has 0 saturated heterocycles. The van der Waals surface area contributed by atoms with Crippen LogP contribution in [0.15, 0.2) is 114 Å². The van der Waals surface area contributed by atoms with Gasteiger partial charge in [-0.3, -0.25) is 13.9 Å². The van der Waals surface area contributed by atoms with Gasteiger partial charge in [-0.05, 0) is 53.6 Å². The van der Waals surface area contributed by atoms with E-state index in [-0.39, 0.29) is 29.5 Å². The molecule has 0 radical (unpaired) electrons. The number of amides is 2. The quantitative estimate of drug-likeness (QED) is 0.241. The Morgan fingerprint density at radius 1 is 0.780 bits per heavy atom. The number of hydrogen-bond acceptors (Lipinski definition) is 4. The number of carbonyl (C=O) groups is 2. The van der Waals surface area contributed by atoms with E-state index in [2.05, 4.69) is 5.32 Å². The first-order valence-corrected chi connectivity index (χ1v) is 15.0. The number of nitrogens with one attached hydrogen (secondary N) is 1. The highest BCUT2D eigenvalue weighted by molar-refractivity contribution is 7.92. The molecule has 4 rings (SSSR count). The van der Waals surface area contributed by atoms with Crippen molar-refractivity contribution < 1.29 is 18.0 Å². The number of benzene rings is 4. The molecule has 0 aromatic heterocycles. The summed E-state index contributed by atoms with van der Waals surface area (Å²) in [6, 6.07) is 29.5. The first-order valence-electron chi connectivity index (χ1n) is 12.8. The normalized spacial score (nSPS) is 11.9. The summed E-state index contributed by atoms with van der Waals surface area (Å²) in [5.74, 6) is -0.960. The van der Waals surface area contributed by atoms with Gasteiger partial charge in [0.2, 0.25) is 11.8 Å². The largest absolute Gasteiger partial charge is 0.357 e. The van der Waals surface area contributed by atoms with Crippen molar-refractivity contribution in [2.24, 2.45) is 0 Å². The maximum atomic E-state index is 14.2. The Morgan fingerprint density at radius 3 is 1.98 bits per heavy atom. The molecule has 2 amide bonds. The lowest BCUT2D eigenvalue weighted by Gasteiger charge is -2.33. The minimum atomic E-state index is -4.18. The fourth-order valence-corrected chi connectivity index (χ4v) is 6.26.